The van der Waals surface area contributed by atoms with Crippen LogP contribution in [-0.4, -0.2) is 29.0 Å². The summed E-state index contributed by atoms with van der Waals surface area (Å²) < 4.78 is 12.8. The number of hydrogen-bond acceptors (Lipinski definition) is 5. The molecule has 2 heterocycles. The molecular weight excluding hydrogens is 392 g/mol. The van der Waals surface area contributed by atoms with E-state index < -0.39 is 0 Å². The SMILES string of the molecule is COc1ccc(-c2cn3cccc(OCC(=O)Nc4ccc(C)c(C)c4)c3n2)cc1N. The molecule has 0 unspecified atom stereocenters. The van der Waals surface area contributed by atoms with Gasteiger partial charge in [-0.1, -0.05) is 6.07 Å². The fourth-order valence-corrected chi connectivity index (χ4v) is 3.29. The molecule has 0 aliphatic heterocycles. The zero-order valence-corrected chi connectivity index (χ0v) is 17.7. The molecule has 0 atom stereocenters. The highest BCUT2D eigenvalue weighted by atomic mass is 16.5. The van der Waals surface area contributed by atoms with Crippen LogP contribution in [0.2, 0.25) is 0 Å². The molecule has 0 saturated carbocycles. The fourth-order valence-electron chi connectivity index (χ4n) is 3.29. The highest BCUT2D eigenvalue weighted by Crippen LogP contribution is 2.29. The van der Waals surface area contributed by atoms with Crippen molar-refractivity contribution in [2.24, 2.45) is 0 Å². The van der Waals surface area contributed by atoms with Gasteiger partial charge in [-0.15, -0.1) is 0 Å². The van der Waals surface area contributed by atoms with Gasteiger partial charge in [0.1, 0.15) is 5.75 Å². The minimum absolute atomic E-state index is 0.121. The Hall–Kier alpha value is -4.00. The smallest absolute Gasteiger partial charge is 0.262 e. The van der Waals surface area contributed by atoms with Crippen LogP contribution in [0.5, 0.6) is 11.5 Å². The predicted octanol–water partition coefficient (Wildman–Crippen LogP) is 4.23. The van der Waals surface area contributed by atoms with Crippen LogP contribution in [0.3, 0.4) is 0 Å². The molecule has 0 aliphatic rings. The Morgan fingerprint density at radius 3 is 2.68 bits per heavy atom. The maximum absolute atomic E-state index is 12.4. The van der Waals surface area contributed by atoms with Crippen LogP contribution >= 0.6 is 0 Å². The van der Waals surface area contributed by atoms with E-state index in [2.05, 4.69) is 10.3 Å². The average molecular weight is 416 g/mol. The number of ether oxygens (including phenoxy) is 2. The third-order valence-corrected chi connectivity index (χ3v) is 5.12. The minimum atomic E-state index is -0.236. The molecule has 0 fully saturated rings. The summed E-state index contributed by atoms with van der Waals surface area (Å²) in [6.45, 7) is 3.92. The van der Waals surface area contributed by atoms with Crippen LogP contribution < -0.4 is 20.5 Å². The monoisotopic (exact) mass is 416 g/mol. The van der Waals surface area contributed by atoms with E-state index in [-0.39, 0.29) is 12.5 Å². The number of carbonyl (C=O) groups excluding carboxylic acids is 1. The van der Waals surface area contributed by atoms with E-state index in [1.54, 1.807) is 13.2 Å². The first-order valence-electron chi connectivity index (χ1n) is 9.86. The van der Waals surface area contributed by atoms with Crippen molar-refractivity contribution in [3.8, 4) is 22.8 Å². The Balaban J connectivity index is 1.51. The van der Waals surface area contributed by atoms with Gasteiger partial charge >= 0.3 is 0 Å². The molecule has 0 radical (unpaired) electrons. The van der Waals surface area contributed by atoms with Gasteiger partial charge in [0.05, 0.1) is 18.5 Å². The minimum Gasteiger partial charge on any atom is -0.495 e. The lowest BCUT2D eigenvalue weighted by Gasteiger charge is -2.09. The van der Waals surface area contributed by atoms with Crippen LogP contribution in [0.4, 0.5) is 11.4 Å². The van der Waals surface area contributed by atoms with Crippen molar-refractivity contribution in [3.63, 3.8) is 0 Å². The molecule has 1 amide bonds. The average Bonchev–Trinajstić information content (AvgIpc) is 3.20. The summed E-state index contributed by atoms with van der Waals surface area (Å²) in [7, 11) is 1.58. The molecular formula is C24H24N4O3. The lowest BCUT2D eigenvalue weighted by Crippen LogP contribution is -2.20. The van der Waals surface area contributed by atoms with Crippen LogP contribution in [0, 0.1) is 13.8 Å². The second-order valence-corrected chi connectivity index (χ2v) is 7.32. The first-order chi connectivity index (χ1) is 14.9. The van der Waals surface area contributed by atoms with Gasteiger partial charge in [-0.05, 0) is 67.4 Å². The predicted molar refractivity (Wildman–Crippen MR) is 122 cm³/mol. The number of methoxy groups -OCH3 is 1. The number of anilines is 2. The molecule has 31 heavy (non-hydrogen) atoms. The number of aryl methyl sites for hydroxylation is 2. The fraction of sp³-hybridized carbons (Fsp3) is 0.167. The normalized spacial score (nSPS) is 10.8. The Morgan fingerprint density at radius 2 is 1.94 bits per heavy atom. The first-order valence-corrected chi connectivity index (χ1v) is 9.86. The summed E-state index contributed by atoms with van der Waals surface area (Å²) in [5, 5.41) is 2.86. The Bertz CT molecular complexity index is 1260. The number of imidazole rings is 1. The topological polar surface area (TPSA) is 90.9 Å². The Labute approximate surface area is 180 Å². The molecule has 158 valence electrons. The highest BCUT2D eigenvalue weighted by molar-refractivity contribution is 5.92. The molecule has 7 nitrogen and oxygen atoms in total. The van der Waals surface area contributed by atoms with Gasteiger partial charge in [0, 0.05) is 23.6 Å². The van der Waals surface area contributed by atoms with Crippen molar-refractivity contribution in [3.05, 3.63) is 72.1 Å². The molecule has 0 spiro atoms. The standard InChI is InChI=1S/C24H24N4O3/c1-15-6-8-18(11-16(15)2)26-23(29)14-31-22-5-4-10-28-13-20(27-24(22)28)17-7-9-21(30-3)19(25)12-17/h4-13H,14,25H2,1-3H3,(H,26,29). The molecule has 0 aliphatic carbocycles. The van der Waals surface area contributed by atoms with Gasteiger partial charge < -0.3 is 24.9 Å². The number of fused-ring (bicyclic) bond motifs is 1. The van der Waals surface area contributed by atoms with Gasteiger partial charge in [-0.3, -0.25) is 4.79 Å². The van der Waals surface area contributed by atoms with E-state index in [4.69, 9.17) is 15.2 Å². The molecule has 0 saturated heterocycles. The van der Waals surface area contributed by atoms with E-state index in [0.717, 1.165) is 22.5 Å². The van der Waals surface area contributed by atoms with Crippen molar-refractivity contribution in [2.45, 2.75) is 13.8 Å². The summed E-state index contributed by atoms with van der Waals surface area (Å²) in [6, 6.07) is 15.0. The number of benzene rings is 2. The van der Waals surface area contributed by atoms with Crippen LogP contribution in [0.1, 0.15) is 11.1 Å². The van der Waals surface area contributed by atoms with Crippen molar-refractivity contribution >= 4 is 22.9 Å². The molecule has 7 heteroatoms. The maximum atomic E-state index is 12.4. The Morgan fingerprint density at radius 1 is 1.10 bits per heavy atom. The van der Waals surface area contributed by atoms with E-state index in [0.29, 0.717) is 22.8 Å². The quantitative estimate of drug-likeness (QED) is 0.459. The number of amides is 1. The van der Waals surface area contributed by atoms with E-state index >= 15 is 0 Å². The molecule has 0 bridgehead atoms. The van der Waals surface area contributed by atoms with Crippen molar-refractivity contribution in [1.82, 2.24) is 9.38 Å². The second kappa shape index (κ2) is 8.39. The summed E-state index contributed by atoms with van der Waals surface area (Å²) in [5.41, 5.74) is 11.8. The van der Waals surface area contributed by atoms with Gasteiger partial charge in [-0.25, -0.2) is 4.98 Å². The molecule has 4 rings (SSSR count). The number of carbonyl (C=O) groups is 1. The van der Waals surface area contributed by atoms with Gasteiger partial charge in [0.2, 0.25) is 0 Å². The van der Waals surface area contributed by atoms with Crippen LogP contribution in [0.25, 0.3) is 16.9 Å². The zero-order chi connectivity index (χ0) is 22.0. The molecule has 2 aromatic carbocycles. The number of nitrogens with two attached hydrogens (primary N) is 1. The van der Waals surface area contributed by atoms with Crippen molar-refractivity contribution < 1.29 is 14.3 Å². The number of rotatable bonds is 6. The van der Waals surface area contributed by atoms with Crippen LogP contribution in [0.15, 0.2) is 60.9 Å². The summed E-state index contributed by atoms with van der Waals surface area (Å²) in [4.78, 5) is 17.0. The second-order valence-electron chi connectivity index (χ2n) is 7.32. The maximum Gasteiger partial charge on any atom is 0.262 e. The number of pyridine rings is 1. The van der Waals surface area contributed by atoms with Crippen molar-refractivity contribution in [2.75, 3.05) is 24.8 Å². The highest BCUT2D eigenvalue weighted by Gasteiger charge is 2.12. The summed E-state index contributed by atoms with van der Waals surface area (Å²) in [5.74, 6) is 0.900. The third-order valence-electron chi connectivity index (χ3n) is 5.12. The lowest BCUT2D eigenvalue weighted by molar-refractivity contribution is -0.118. The number of nitrogens with one attached hydrogen (secondary N) is 1. The zero-order valence-electron chi connectivity index (χ0n) is 17.7. The van der Waals surface area contributed by atoms with E-state index in [1.807, 2.05) is 73.1 Å². The van der Waals surface area contributed by atoms with Gasteiger partial charge in [-0.2, -0.15) is 0 Å². The summed E-state index contributed by atoms with van der Waals surface area (Å²) in [6.07, 6.45) is 3.76. The number of nitrogen functional groups attached to an aromatic ring is 1. The summed E-state index contributed by atoms with van der Waals surface area (Å²) >= 11 is 0. The molecule has 2 aromatic heterocycles. The molecule has 4 aromatic rings. The number of nitrogens with zero attached hydrogens (tertiary/aromatic N) is 2. The van der Waals surface area contributed by atoms with Crippen LogP contribution in [-0.2, 0) is 4.79 Å². The number of hydrogen-bond donors (Lipinski definition) is 2. The van der Waals surface area contributed by atoms with E-state index in [9.17, 15) is 4.79 Å². The van der Waals surface area contributed by atoms with Crippen molar-refractivity contribution in [1.29, 1.82) is 0 Å². The van der Waals surface area contributed by atoms with Gasteiger partial charge in [0.15, 0.2) is 18.0 Å². The third kappa shape index (κ3) is 4.30. The largest absolute Gasteiger partial charge is 0.495 e. The molecule has 3 N–H and O–H groups in total. The lowest BCUT2D eigenvalue weighted by atomic mass is 10.1. The Kier molecular flexibility index (Phi) is 5.49. The first kappa shape index (κ1) is 20.3. The van der Waals surface area contributed by atoms with E-state index in [1.165, 1.54) is 5.56 Å². The van der Waals surface area contributed by atoms with Gasteiger partial charge in [0.25, 0.3) is 5.91 Å². The number of aromatic nitrogens is 2.